The van der Waals surface area contributed by atoms with Crippen LogP contribution in [0.4, 0.5) is 0 Å². The summed E-state index contributed by atoms with van der Waals surface area (Å²) >= 11 is 0. The highest BCUT2D eigenvalue weighted by Crippen LogP contribution is 2.45. The number of benzene rings is 2. The van der Waals surface area contributed by atoms with Crippen LogP contribution < -0.4 is 10.6 Å². The van der Waals surface area contributed by atoms with Crippen molar-refractivity contribution in [2.45, 2.75) is 25.7 Å². The first-order chi connectivity index (χ1) is 10.3. The summed E-state index contributed by atoms with van der Waals surface area (Å²) in [4.78, 5) is 0. The Labute approximate surface area is 127 Å². The molecule has 0 atom stereocenters. The van der Waals surface area contributed by atoms with Crippen LogP contribution in [0.5, 0.6) is 0 Å². The standard InChI is InChI=1S/C19H21OP/c20-21(18-11-3-1-4-12-18,19-13-5-2-6-14-19)16-15-17-9-7-8-10-17/h1-6,9,11-14H,7-8,10,15-16H2. The zero-order chi connectivity index (χ0) is 14.5. The fourth-order valence-corrected chi connectivity index (χ4v) is 5.73. The van der Waals surface area contributed by atoms with Gasteiger partial charge in [0.1, 0.15) is 7.14 Å². The van der Waals surface area contributed by atoms with Gasteiger partial charge in [0, 0.05) is 16.8 Å². The molecule has 108 valence electrons. The van der Waals surface area contributed by atoms with Crippen molar-refractivity contribution >= 4 is 17.8 Å². The zero-order valence-corrected chi connectivity index (χ0v) is 13.1. The molecule has 0 unspecified atom stereocenters. The van der Waals surface area contributed by atoms with Crippen LogP contribution in [0.2, 0.25) is 0 Å². The molecule has 0 heterocycles. The summed E-state index contributed by atoms with van der Waals surface area (Å²) in [5.41, 5.74) is 1.49. The molecule has 0 spiro atoms. The summed E-state index contributed by atoms with van der Waals surface area (Å²) in [7, 11) is -2.52. The molecule has 0 N–H and O–H groups in total. The maximum Gasteiger partial charge on any atom is 0.143 e. The van der Waals surface area contributed by atoms with Gasteiger partial charge in [0.25, 0.3) is 0 Å². The maximum absolute atomic E-state index is 13.7. The number of hydrogen-bond donors (Lipinski definition) is 0. The Balaban J connectivity index is 1.93. The Morgan fingerprint density at radius 1 is 0.857 bits per heavy atom. The molecule has 2 heteroatoms. The molecule has 0 saturated carbocycles. The van der Waals surface area contributed by atoms with Crippen LogP contribution in [0.15, 0.2) is 72.3 Å². The smallest absolute Gasteiger partial charge is 0.143 e. The first-order valence-electron chi connectivity index (χ1n) is 7.67. The third kappa shape index (κ3) is 3.19. The van der Waals surface area contributed by atoms with Crippen LogP contribution in [0.25, 0.3) is 0 Å². The van der Waals surface area contributed by atoms with Crippen LogP contribution >= 0.6 is 7.14 Å². The van der Waals surface area contributed by atoms with Gasteiger partial charge in [-0.15, -0.1) is 0 Å². The summed E-state index contributed by atoms with van der Waals surface area (Å²) in [5, 5.41) is 1.96. The highest BCUT2D eigenvalue weighted by Gasteiger charge is 2.27. The first kappa shape index (κ1) is 14.4. The van der Waals surface area contributed by atoms with Gasteiger partial charge < -0.3 is 4.57 Å². The normalized spacial score (nSPS) is 15.0. The highest BCUT2D eigenvalue weighted by molar-refractivity contribution is 7.78. The molecule has 3 rings (SSSR count). The fraction of sp³-hybridized carbons (Fsp3) is 0.263. The lowest BCUT2D eigenvalue weighted by Crippen LogP contribution is -2.18. The second-order valence-electron chi connectivity index (χ2n) is 5.64. The number of rotatable bonds is 5. The SMILES string of the molecule is O=P(CCC1=CCCC1)(c1ccccc1)c1ccccc1. The molecule has 0 fully saturated rings. The predicted molar refractivity (Wildman–Crippen MR) is 91.2 cm³/mol. The first-order valence-corrected chi connectivity index (χ1v) is 9.56. The van der Waals surface area contributed by atoms with Gasteiger partial charge >= 0.3 is 0 Å². The average Bonchev–Trinajstić information content (AvgIpc) is 3.08. The monoisotopic (exact) mass is 296 g/mol. The molecule has 0 aliphatic heterocycles. The Morgan fingerprint density at radius 2 is 1.43 bits per heavy atom. The third-order valence-corrected chi connectivity index (χ3v) is 7.35. The van der Waals surface area contributed by atoms with E-state index in [1.54, 1.807) is 0 Å². The van der Waals surface area contributed by atoms with Crippen LogP contribution in [-0.4, -0.2) is 6.16 Å². The molecule has 2 aromatic rings. The molecule has 0 saturated heterocycles. The van der Waals surface area contributed by atoms with Gasteiger partial charge in [0.15, 0.2) is 0 Å². The molecular weight excluding hydrogens is 275 g/mol. The van der Waals surface area contributed by atoms with Gasteiger partial charge in [-0.2, -0.15) is 0 Å². The minimum Gasteiger partial charge on any atom is -0.314 e. The summed E-state index contributed by atoms with van der Waals surface area (Å²) in [5.74, 6) is 0. The van der Waals surface area contributed by atoms with Crippen LogP contribution in [-0.2, 0) is 4.57 Å². The highest BCUT2D eigenvalue weighted by atomic mass is 31.2. The molecule has 0 bridgehead atoms. The number of hydrogen-bond acceptors (Lipinski definition) is 1. The Kier molecular flexibility index (Phi) is 4.41. The van der Waals surface area contributed by atoms with E-state index in [9.17, 15) is 4.57 Å². The lowest BCUT2D eigenvalue weighted by Gasteiger charge is -2.19. The van der Waals surface area contributed by atoms with Crippen molar-refractivity contribution < 1.29 is 4.57 Å². The molecule has 1 nitrogen and oxygen atoms in total. The van der Waals surface area contributed by atoms with Crippen molar-refractivity contribution in [2.24, 2.45) is 0 Å². The van der Waals surface area contributed by atoms with Crippen LogP contribution in [0.3, 0.4) is 0 Å². The van der Waals surface area contributed by atoms with Crippen molar-refractivity contribution in [1.82, 2.24) is 0 Å². The lowest BCUT2D eigenvalue weighted by molar-refractivity contribution is 0.586. The van der Waals surface area contributed by atoms with E-state index in [1.165, 1.54) is 24.8 Å². The van der Waals surface area contributed by atoms with E-state index in [0.29, 0.717) is 0 Å². The van der Waals surface area contributed by atoms with Gasteiger partial charge in [-0.25, -0.2) is 0 Å². The van der Waals surface area contributed by atoms with E-state index in [1.807, 2.05) is 60.7 Å². The van der Waals surface area contributed by atoms with Gasteiger partial charge in [0.05, 0.1) is 0 Å². The van der Waals surface area contributed by atoms with Crippen molar-refractivity contribution in [3.05, 3.63) is 72.3 Å². The Bertz CT molecular complexity index is 615. The fourth-order valence-electron chi connectivity index (χ4n) is 3.01. The van der Waals surface area contributed by atoms with E-state index >= 15 is 0 Å². The average molecular weight is 296 g/mol. The largest absolute Gasteiger partial charge is 0.314 e. The quantitative estimate of drug-likeness (QED) is 0.586. The predicted octanol–water partition coefficient (Wildman–Crippen LogP) is 4.50. The zero-order valence-electron chi connectivity index (χ0n) is 12.2. The summed E-state index contributed by atoms with van der Waals surface area (Å²) in [6.45, 7) is 0. The second kappa shape index (κ2) is 6.45. The van der Waals surface area contributed by atoms with Gasteiger partial charge in [-0.05, 0) is 25.7 Å². The van der Waals surface area contributed by atoms with Crippen LogP contribution in [0.1, 0.15) is 25.7 Å². The van der Waals surface area contributed by atoms with Crippen LogP contribution in [0, 0.1) is 0 Å². The van der Waals surface area contributed by atoms with Crippen molar-refractivity contribution in [2.75, 3.05) is 6.16 Å². The van der Waals surface area contributed by atoms with E-state index in [0.717, 1.165) is 23.2 Å². The van der Waals surface area contributed by atoms with Gasteiger partial charge in [-0.1, -0.05) is 72.3 Å². The molecule has 0 aromatic heterocycles. The molecule has 2 aromatic carbocycles. The van der Waals surface area contributed by atoms with Crippen molar-refractivity contribution in [1.29, 1.82) is 0 Å². The van der Waals surface area contributed by atoms with Gasteiger partial charge in [0.2, 0.25) is 0 Å². The van der Waals surface area contributed by atoms with Crippen molar-refractivity contribution in [3.63, 3.8) is 0 Å². The maximum atomic E-state index is 13.7. The van der Waals surface area contributed by atoms with Crippen molar-refractivity contribution in [3.8, 4) is 0 Å². The Morgan fingerprint density at radius 3 is 1.90 bits per heavy atom. The topological polar surface area (TPSA) is 17.1 Å². The molecule has 0 radical (unpaired) electrons. The summed E-state index contributed by atoms with van der Waals surface area (Å²) in [6, 6.07) is 20.0. The van der Waals surface area contributed by atoms with E-state index in [4.69, 9.17) is 0 Å². The minimum atomic E-state index is -2.52. The number of allylic oxidation sites excluding steroid dienone is 2. The molecule has 0 amide bonds. The molecule has 1 aliphatic rings. The summed E-state index contributed by atoms with van der Waals surface area (Å²) < 4.78 is 13.7. The molecule has 1 aliphatic carbocycles. The Hall–Kier alpha value is -1.59. The van der Waals surface area contributed by atoms with E-state index in [2.05, 4.69) is 6.08 Å². The minimum absolute atomic E-state index is 0.743. The third-order valence-electron chi connectivity index (χ3n) is 4.23. The van der Waals surface area contributed by atoms with E-state index < -0.39 is 7.14 Å². The molecular formula is C19H21OP. The second-order valence-corrected chi connectivity index (χ2v) is 8.60. The van der Waals surface area contributed by atoms with E-state index in [-0.39, 0.29) is 0 Å². The van der Waals surface area contributed by atoms with Gasteiger partial charge in [-0.3, -0.25) is 0 Å². The summed E-state index contributed by atoms with van der Waals surface area (Å²) in [6.07, 6.45) is 7.67. The lowest BCUT2D eigenvalue weighted by atomic mass is 10.2. The molecule has 21 heavy (non-hydrogen) atoms.